The second-order valence-electron chi connectivity index (χ2n) is 4.10. The van der Waals surface area contributed by atoms with E-state index in [-0.39, 0.29) is 5.41 Å². The molecule has 0 saturated carbocycles. The van der Waals surface area contributed by atoms with Crippen molar-refractivity contribution in [3.05, 3.63) is 21.4 Å². The second-order valence-corrected chi connectivity index (χ2v) is 5.24. The summed E-state index contributed by atoms with van der Waals surface area (Å²) in [5.41, 5.74) is 0.918. The summed E-state index contributed by atoms with van der Waals surface area (Å²) >= 11 is 1.76. The van der Waals surface area contributed by atoms with Gasteiger partial charge in [-0.25, -0.2) is 0 Å². The summed E-state index contributed by atoms with van der Waals surface area (Å²) in [5.74, 6) is 0. The average molecular weight is 207 g/mol. The van der Waals surface area contributed by atoms with Crippen LogP contribution in [0.5, 0.6) is 0 Å². The fourth-order valence-electron chi connectivity index (χ4n) is 1.51. The van der Waals surface area contributed by atoms with Gasteiger partial charge in [-0.3, -0.25) is 0 Å². The number of nitriles is 1. The molecular formula is C11H13NOS. The van der Waals surface area contributed by atoms with Crippen LogP contribution in [0.1, 0.15) is 29.2 Å². The Labute approximate surface area is 88.1 Å². The standard InChI is InChI=1S/C11H13NOS/c1-11(2,7-12)10-5-8-6-13-4-3-9(8)14-10/h5H,3-4,6H2,1-2H3. The molecule has 0 unspecified atom stereocenters. The molecule has 14 heavy (non-hydrogen) atoms. The van der Waals surface area contributed by atoms with Crippen LogP contribution in [0, 0.1) is 11.3 Å². The molecule has 0 saturated heterocycles. The fraction of sp³-hybridized carbons (Fsp3) is 0.545. The van der Waals surface area contributed by atoms with Gasteiger partial charge in [0, 0.05) is 16.2 Å². The molecule has 0 bridgehead atoms. The van der Waals surface area contributed by atoms with Crippen LogP contribution in [0.2, 0.25) is 0 Å². The van der Waals surface area contributed by atoms with Crippen molar-refractivity contribution in [1.29, 1.82) is 5.26 Å². The summed E-state index contributed by atoms with van der Waals surface area (Å²) in [6.07, 6.45) is 1.00. The Morgan fingerprint density at radius 2 is 2.36 bits per heavy atom. The zero-order chi connectivity index (χ0) is 10.2. The molecule has 1 aromatic heterocycles. The monoisotopic (exact) mass is 207 g/mol. The van der Waals surface area contributed by atoms with Crippen molar-refractivity contribution in [2.24, 2.45) is 0 Å². The zero-order valence-electron chi connectivity index (χ0n) is 8.46. The van der Waals surface area contributed by atoms with Crippen LogP contribution in [0.15, 0.2) is 6.07 Å². The van der Waals surface area contributed by atoms with Crippen LogP contribution in [-0.2, 0) is 23.2 Å². The normalized spacial score (nSPS) is 16.1. The van der Waals surface area contributed by atoms with Gasteiger partial charge in [0.15, 0.2) is 0 Å². The summed E-state index contributed by atoms with van der Waals surface area (Å²) in [6, 6.07) is 4.46. The van der Waals surface area contributed by atoms with E-state index >= 15 is 0 Å². The first kappa shape index (κ1) is 9.70. The van der Waals surface area contributed by atoms with Crippen LogP contribution < -0.4 is 0 Å². The SMILES string of the molecule is CC(C)(C#N)c1cc2c(s1)CCOC2. The van der Waals surface area contributed by atoms with Crippen molar-refractivity contribution in [3.8, 4) is 6.07 Å². The number of thiophene rings is 1. The topological polar surface area (TPSA) is 33.0 Å². The Hall–Kier alpha value is -0.850. The van der Waals surface area contributed by atoms with E-state index in [1.165, 1.54) is 10.4 Å². The van der Waals surface area contributed by atoms with E-state index in [4.69, 9.17) is 10.00 Å². The molecule has 0 atom stereocenters. The van der Waals surface area contributed by atoms with Gasteiger partial charge in [0.1, 0.15) is 0 Å². The van der Waals surface area contributed by atoms with Crippen molar-refractivity contribution in [3.63, 3.8) is 0 Å². The van der Waals surface area contributed by atoms with E-state index in [1.54, 1.807) is 11.3 Å². The van der Waals surface area contributed by atoms with Crippen molar-refractivity contribution in [1.82, 2.24) is 0 Å². The van der Waals surface area contributed by atoms with E-state index < -0.39 is 0 Å². The highest BCUT2D eigenvalue weighted by Gasteiger charge is 2.25. The summed E-state index contributed by atoms with van der Waals surface area (Å²) in [7, 11) is 0. The summed E-state index contributed by atoms with van der Waals surface area (Å²) in [5, 5.41) is 9.03. The highest BCUT2D eigenvalue weighted by atomic mass is 32.1. The Bertz CT molecular complexity index is 363. The van der Waals surface area contributed by atoms with Crippen LogP contribution in [0.4, 0.5) is 0 Å². The molecule has 0 fully saturated rings. The van der Waals surface area contributed by atoms with Crippen LogP contribution in [0.3, 0.4) is 0 Å². The van der Waals surface area contributed by atoms with Gasteiger partial charge in [0.2, 0.25) is 0 Å². The van der Waals surface area contributed by atoms with Crippen molar-refractivity contribution in [2.75, 3.05) is 6.61 Å². The smallest absolute Gasteiger partial charge is 0.0859 e. The van der Waals surface area contributed by atoms with Gasteiger partial charge in [-0.2, -0.15) is 5.26 Å². The van der Waals surface area contributed by atoms with E-state index in [9.17, 15) is 0 Å². The first-order valence-corrected chi connectivity index (χ1v) is 5.56. The van der Waals surface area contributed by atoms with Crippen molar-refractivity contribution < 1.29 is 4.74 Å². The van der Waals surface area contributed by atoms with Gasteiger partial charge in [0.25, 0.3) is 0 Å². The zero-order valence-corrected chi connectivity index (χ0v) is 9.28. The lowest BCUT2D eigenvalue weighted by Gasteiger charge is -2.11. The third-order valence-electron chi connectivity index (χ3n) is 2.52. The molecule has 74 valence electrons. The predicted molar refractivity (Wildman–Crippen MR) is 56.3 cm³/mol. The van der Waals surface area contributed by atoms with Crippen LogP contribution in [-0.4, -0.2) is 6.61 Å². The van der Waals surface area contributed by atoms with Gasteiger partial charge in [0.05, 0.1) is 24.7 Å². The number of hydrogen-bond donors (Lipinski definition) is 0. The molecule has 0 aliphatic carbocycles. The highest BCUT2D eigenvalue weighted by Crippen LogP contribution is 2.34. The molecule has 0 amide bonds. The second kappa shape index (κ2) is 3.38. The van der Waals surface area contributed by atoms with E-state index in [0.29, 0.717) is 6.61 Å². The lowest BCUT2D eigenvalue weighted by atomic mass is 9.93. The Balaban J connectivity index is 2.38. The summed E-state index contributed by atoms with van der Waals surface area (Å²) in [4.78, 5) is 2.56. The molecule has 1 aliphatic rings. The molecule has 0 spiro atoms. The van der Waals surface area contributed by atoms with E-state index in [1.807, 2.05) is 13.8 Å². The molecule has 2 rings (SSSR count). The number of ether oxygens (including phenoxy) is 1. The van der Waals surface area contributed by atoms with Gasteiger partial charge in [-0.05, 0) is 25.5 Å². The third kappa shape index (κ3) is 1.56. The average Bonchev–Trinajstić information content (AvgIpc) is 2.61. The molecule has 3 heteroatoms. The molecule has 2 heterocycles. The molecule has 1 aliphatic heterocycles. The van der Waals surface area contributed by atoms with Crippen LogP contribution in [0.25, 0.3) is 0 Å². The minimum atomic E-state index is -0.359. The predicted octanol–water partition coefficient (Wildman–Crippen LogP) is 2.62. The number of fused-ring (bicyclic) bond motifs is 1. The maximum Gasteiger partial charge on any atom is 0.0859 e. The largest absolute Gasteiger partial charge is 0.376 e. The van der Waals surface area contributed by atoms with Gasteiger partial charge < -0.3 is 4.74 Å². The Morgan fingerprint density at radius 3 is 3.00 bits per heavy atom. The van der Waals surface area contributed by atoms with Crippen molar-refractivity contribution >= 4 is 11.3 Å². The summed E-state index contributed by atoms with van der Waals surface area (Å²) in [6.45, 7) is 5.46. The Morgan fingerprint density at radius 1 is 1.57 bits per heavy atom. The molecule has 0 aromatic carbocycles. The lowest BCUT2D eigenvalue weighted by Crippen LogP contribution is -2.11. The van der Waals surface area contributed by atoms with Crippen LogP contribution >= 0.6 is 11.3 Å². The number of nitrogens with zero attached hydrogens (tertiary/aromatic N) is 1. The first-order chi connectivity index (χ1) is 6.63. The molecular weight excluding hydrogens is 194 g/mol. The maximum absolute atomic E-state index is 9.03. The summed E-state index contributed by atoms with van der Waals surface area (Å²) < 4.78 is 5.38. The minimum absolute atomic E-state index is 0.359. The number of rotatable bonds is 1. The first-order valence-electron chi connectivity index (χ1n) is 4.74. The molecule has 1 aromatic rings. The lowest BCUT2D eigenvalue weighted by molar-refractivity contribution is 0.112. The Kier molecular flexibility index (Phi) is 2.34. The highest BCUT2D eigenvalue weighted by molar-refractivity contribution is 7.12. The van der Waals surface area contributed by atoms with Crippen molar-refractivity contribution in [2.45, 2.75) is 32.3 Å². The maximum atomic E-state index is 9.03. The van der Waals surface area contributed by atoms with E-state index in [0.717, 1.165) is 17.9 Å². The molecule has 0 N–H and O–H groups in total. The van der Waals surface area contributed by atoms with Gasteiger partial charge in [-0.15, -0.1) is 11.3 Å². The number of hydrogen-bond acceptors (Lipinski definition) is 3. The van der Waals surface area contributed by atoms with E-state index in [2.05, 4.69) is 12.1 Å². The quantitative estimate of drug-likeness (QED) is 0.709. The fourth-order valence-corrected chi connectivity index (χ4v) is 2.71. The minimum Gasteiger partial charge on any atom is -0.376 e. The van der Waals surface area contributed by atoms with Gasteiger partial charge in [-0.1, -0.05) is 0 Å². The van der Waals surface area contributed by atoms with Gasteiger partial charge >= 0.3 is 0 Å². The molecule has 2 nitrogen and oxygen atoms in total. The third-order valence-corrected chi connectivity index (χ3v) is 4.08. The molecule has 0 radical (unpaired) electrons.